The summed E-state index contributed by atoms with van der Waals surface area (Å²) < 4.78 is 82.8. The van der Waals surface area contributed by atoms with Crippen molar-refractivity contribution in [2.75, 3.05) is 25.9 Å². The SMILES string of the molecule is CCCCCCCCCCCCCCC(=O)O[C@@H]1C(COP(=O)(OCOC(=O)CC(C)(C)C)OCOC(=O)CC(C)(C)C)O[C@@H](n2ccc(N)nc2=O)C1(F)F. The summed E-state index contributed by atoms with van der Waals surface area (Å²) in [6.07, 6.45) is 6.91. The van der Waals surface area contributed by atoms with Gasteiger partial charge in [0, 0.05) is 12.6 Å². The van der Waals surface area contributed by atoms with Crippen LogP contribution in [-0.4, -0.2) is 65.8 Å². The minimum Gasteiger partial charge on any atom is -0.453 e. The Morgan fingerprint density at radius 3 is 1.77 bits per heavy atom. The average molecular weight is 824 g/mol. The van der Waals surface area contributed by atoms with E-state index < -0.39 is 86.8 Å². The first-order valence-electron chi connectivity index (χ1n) is 19.6. The van der Waals surface area contributed by atoms with Crippen LogP contribution in [0.5, 0.6) is 0 Å². The Kier molecular flexibility index (Phi) is 20.6. The third-order valence-electron chi connectivity index (χ3n) is 8.55. The standard InChI is InChI=1S/C38H64F2N3O12P/c1-8-9-10-11-12-13-14-15-16-17-18-19-20-30(44)55-33-28(54-34(38(33,39)40)43-22-21-29(41)42-35(43)47)25-51-56(48,52-26-49-31(45)23-36(2,3)4)53-27-50-32(46)24-37(5,6)7/h21-22,28,33-34H,8-20,23-27H2,1-7H3,(H2,41,42,47)/t28?,33-,34-/m1/s1. The molecule has 0 aromatic carbocycles. The van der Waals surface area contributed by atoms with Crippen molar-refractivity contribution in [1.29, 1.82) is 0 Å². The monoisotopic (exact) mass is 823 g/mol. The van der Waals surface area contributed by atoms with Crippen LogP contribution in [0.2, 0.25) is 0 Å². The number of anilines is 1. The van der Waals surface area contributed by atoms with Crippen LogP contribution in [0.4, 0.5) is 14.6 Å². The van der Waals surface area contributed by atoms with Crippen LogP contribution in [0.1, 0.15) is 151 Å². The van der Waals surface area contributed by atoms with E-state index in [1.165, 1.54) is 38.5 Å². The van der Waals surface area contributed by atoms with E-state index in [2.05, 4.69) is 11.9 Å². The van der Waals surface area contributed by atoms with E-state index in [9.17, 15) is 23.7 Å². The quantitative estimate of drug-likeness (QED) is 0.0308. The van der Waals surface area contributed by atoms with Crippen LogP contribution in [-0.2, 0) is 51.5 Å². The molecule has 1 aliphatic heterocycles. The zero-order valence-electron chi connectivity index (χ0n) is 34.2. The third kappa shape index (κ3) is 19.0. The molecule has 15 nitrogen and oxygen atoms in total. The average Bonchev–Trinajstić information content (AvgIpc) is 3.31. The van der Waals surface area contributed by atoms with E-state index in [4.69, 9.17) is 38.3 Å². The molecule has 322 valence electrons. The molecule has 0 saturated carbocycles. The number of alkyl halides is 2. The number of unbranched alkanes of at least 4 members (excludes halogenated alkanes) is 11. The van der Waals surface area contributed by atoms with Crippen molar-refractivity contribution in [1.82, 2.24) is 9.55 Å². The molecule has 2 rings (SSSR count). The molecule has 1 unspecified atom stereocenters. The lowest BCUT2D eigenvalue weighted by molar-refractivity contribution is -0.176. The van der Waals surface area contributed by atoms with Gasteiger partial charge in [-0.1, -0.05) is 119 Å². The van der Waals surface area contributed by atoms with E-state index in [1.54, 1.807) is 41.5 Å². The first kappa shape index (κ1) is 49.2. The number of carbonyl (C=O) groups is 3. The topological polar surface area (TPSA) is 194 Å². The van der Waals surface area contributed by atoms with Gasteiger partial charge in [-0.25, -0.2) is 18.4 Å². The lowest BCUT2D eigenvalue weighted by Gasteiger charge is -2.25. The fourth-order valence-corrected chi connectivity index (χ4v) is 6.64. The number of phosphoric acid groups is 1. The normalized spacial score (nSPS) is 18.5. The Labute approximate surface area is 329 Å². The molecule has 56 heavy (non-hydrogen) atoms. The van der Waals surface area contributed by atoms with E-state index in [-0.39, 0.29) is 25.1 Å². The number of nitrogens with zero attached hydrogens (tertiary/aromatic N) is 2. The van der Waals surface area contributed by atoms with Crippen LogP contribution >= 0.6 is 7.82 Å². The molecule has 1 aliphatic rings. The molecule has 0 amide bonds. The van der Waals surface area contributed by atoms with Crippen molar-refractivity contribution in [3.8, 4) is 0 Å². The number of hydrogen-bond donors (Lipinski definition) is 1. The summed E-state index contributed by atoms with van der Waals surface area (Å²) in [4.78, 5) is 53.5. The number of ether oxygens (including phenoxy) is 4. The highest BCUT2D eigenvalue weighted by molar-refractivity contribution is 7.48. The van der Waals surface area contributed by atoms with Crippen LogP contribution in [0.3, 0.4) is 0 Å². The van der Waals surface area contributed by atoms with Gasteiger partial charge in [0.2, 0.25) is 19.8 Å². The van der Waals surface area contributed by atoms with Gasteiger partial charge in [-0.15, -0.1) is 0 Å². The zero-order chi connectivity index (χ0) is 42.0. The molecule has 3 atom stereocenters. The number of carbonyl (C=O) groups excluding carboxylic acids is 3. The lowest BCUT2D eigenvalue weighted by atomic mass is 9.92. The second kappa shape index (κ2) is 23.4. The van der Waals surface area contributed by atoms with Crippen LogP contribution in [0.25, 0.3) is 0 Å². The van der Waals surface area contributed by atoms with Gasteiger partial charge in [-0.05, 0) is 23.3 Å². The molecule has 1 saturated heterocycles. The summed E-state index contributed by atoms with van der Waals surface area (Å²) in [5, 5.41) is 0. The Bertz CT molecular complexity index is 1440. The largest absolute Gasteiger partial charge is 0.480 e. The summed E-state index contributed by atoms with van der Waals surface area (Å²) in [6, 6.07) is 1.11. The number of nitrogens with two attached hydrogens (primary N) is 1. The van der Waals surface area contributed by atoms with Gasteiger partial charge in [0.15, 0.2) is 6.10 Å². The van der Waals surface area contributed by atoms with Gasteiger partial charge in [-0.3, -0.25) is 23.5 Å². The first-order chi connectivity index (χ1) is 26.2. The van der Waals surface area contributed by atoms with Crippen LogP contribution < -0.4 is 11.4 Å². The maximum absolute atomic E-state index is 16.1. The van der Waals surface area contributed by atoms with E-state index in [0.717, 1.165) is 37.9 Å². The molecule has 0 spiro atoms. The van der Waals surface area contributed by atoms with E-state index in [0.29, 0.717) is 17.4 Å². The van der Waals surface area contributed by atoms with Crippen molar-refractivity contribution < 1.29 is 60.2 Å². The van der Waals surface area contributed by atoms with Crippen molar-refractivity contribution in [3.05, 3.63) is 22.7 Å². The highest BCUT2D eigenvalue weighted by atomic mass is 31.2. The Balaban J connectivity index is 2.13. The Hall–Kier alpha value is -2.98. The van der Waals surface area contributed by atoms with Gasteiger partial charge in [-0.2, -0.15) is 13.8 Å². The van der Waals surface area contributed by atoms with Gasteiger partial charge in [0.25, 0.3) is 0 Å². The number of esters is 3. The van der Waals surface area contributed by atoms with Gasteiger partial charge >= 0.3 is 37.3 Å². The molecule has 2 N–H and O–H groups in total. The predicted molar refractivity (Wildman–Crippen MR) is 203 cm³/mol. The van der Waals surface area contributed by atoms with Gasteiger partial charge in [0.1, 0.15) is 11.9 Å². The molecule has 0 aliphatic carbocycles. The Morgan fingerprint density at radius 1 is 0.821 bits per heavy atom. The third-order valence-corrected chi connectivity index (χ3v) is 9.86. The number of nitrogen functional groups attached to an aromatic ring is 1. The number of phosphoric ester groups is 1. The van der Waals surface area contributed by atoms with Crippen molar-refractivity contribution in [2.45, 2.75) is 169 Å². The van der Waals surface area contributed by atoms with Gasteiger partial charge in [0.05, 0.1) is 19.4 Å². The van der Waals surface area contributed by atoms with Crippen molar-refractivity contribution in [2.24, 2.45) is 10.8 Å². The van der Waals surface area contributed by atoms with E-state index >= 15 is 8.78 Å². The predicted octanol–water partition coefficient (Wildman–Crippen LogP) is 8.39. The van der Waals surface area contributed by atoms with Gasteiger partial charge < -0.3 is 24.7 Å². The maximum atomic E-state index is 16.1. The maximum Gasteiger partial charge on any atom is 0.480 e. The number of hydrogen-bond acceptors (Lipinski definition) is 14. The van der Waals surface area contributed by atoms with Crippen molar-refractivity contribution in [3.63, 3.8) is 0 Å². The number of halogens is 2. The molecular weight excluding hydrogens is 759 g/mol. The molecule has 18 heteroatoms. The Morgan fingerprint density at radius 2 is 1.30 bits per heavy atom. The highest BCUT2D eigenvalue weighted by Crippen LogP contribution is 2.51. The summed E-state index contributed by atoms with van der Waals surface area (Å²) >= 11 is 0. The first-order valence-corrected chi connectivity index (χ1v) is 21.0. The summed E-state index contributed by atoms with van der Waals surface area (Å²) in [5.74, 6) is -6.60. The summed E-state index contributed by atoms with van der Waals surface area (Å²) in [5.41, 5.74) is 3.49. The zero-order valence-corrected chi connectivity index (χ0v) is 35.1. The molecule has 1 aromatic heterocycles. The molecule has 2 heterocycles. The second-order valence-electron chi connectivity index (χ2n) is 16.5. The fraction of sp³-hybridized carbons (Fsp3) is 0.816. The molecule has 0 radical (unpaired) electrons. The van der Waals surface area contributed by atoms with Crippen LogP contribution in [0, 0.1) is 10.8 Å². The summed E-state index contributed by atoms with van der Waals surface area (Å²) in [6.45, 7) is 10.1. The smallest absolute Gasteiger partial charge is 0.453 e. The van der Waals surface area contributed by atoms with E-state index in [1.807, 2.05) is 0 Å². The minimum atomic E-state index is -4.86. The fourth-order valence-electron chi connectivity index (χ4n) is 5.72. The summed E-state index contributed by atoms with van der Waals surface area (Å²) in [7, 11) is -4.86. The highest BCUT2D eigenvalue weighted by Gasteiger charge is 2.63. The number of rotatable bonds is 26. The molecule has 0 bridgehead atoms. The molecular formula is C38H64F2N3O12P. The van der Waals surface area contributed by atoms with Crippen molar-refractivity contribution >= 4 is 31.5 Å². The molecule has 1 aromatic rings. The minimum absolute atomic E-state index is 0.0230. The molecule has 1 fully saturated rings. The second-order valence-corrected chi connectivity index (χ2v) is 18.2. The lowest BCUT2D eigenvalue weighted by Crippen LogP contribution is -2.44. The number of aromatic nitrogens is 2. The van der Waals surface area contributed by atoms with Crippen LogP contribution in [0.15, 0.2) is 17.1 Å².